The highest BCUT2D eigenvalue weighted by atomic mass is 16.5. The Hall–Kier alpha value is -1.85. The molecule has 3 N–H and O–H groups in total. The van der Waals surface area contributed by atoms with Crippen LogP contribution in [0.4, 0.5) is 0 Å². The Kier molecular flexibility index (Phi) is 4.98. The lowest BCUT2D eigenvalue weighted by Gasteiger charge is -2.36. The van der Waals surface area contributed by atoms with E-state index in [1.54, 1.807) is 0 Å². The van der Waals surface area contributed by atoms with Crippen LogP contribution >= 0.6 is 0 Å². The smallest absolute Gasteiger partial charge is 0.232 e. The fourth-order valence-corrected chi connectivity index (χ4v) is 2.97. The van der Waals surface area contributed by atoms with Gasteiger partial charge >= 0.3 is 0 Å². The molecule has 1 saturated carbocycles. The molecule has 1 aromatic heterocycles. The summed E-state index contributed by atoms with van der Waals surface area (Å²) in [7, 11) is 0. The van der Waals surface area contributed by atoms with Gasteiger partial charge in [0.2, 0.25) is 5.88 Å². The third kappa shape index (κ3) is 3.83. The van der Waals surface area contributed by atoms with Crippen molar-refractivity contribution in [1.29, 1.82) is 0 Å². The van der Waals surface area contributed by atoms with Crippen LogP contribution < -0.4 is 10.5 Å². The first-order chi connectivity index (χ1) is 10.0. The molecule has 21 heavy (non-hydrogen) atoms. The van der Waals surface area contributed by atoms with Crippen LogP contribution in [0.25, 0.3) is 0 Å². The Balaban J connectivity index is 2.08. The summed E-state index contributed by atoms with van der Waals surface area (Å²) in [4.78, 5) is 8.30. The van der Waals surface area contributed by atoms with E-state index < -0.39 is 0 Å². The molecule has 116 valence electrons. The van der Waals surface area contributed by atoms with Crippen molar-refractivity contribution in [3.63, 3.8) is 0 Å². The molecule has 6 nitrogen and oxygen atoms in total. The Morgan fingerprint density at radius 3 is 2.71 bits per heavy atom. The predicted octanol–water partition coefficient (Wildman–Crippen LogP) is 2.41. The molecule has 2 rings (SSSR count). The first kappa shape index (κ1) is 15.5. The monoisotopic (exact) mass is 292 g/mol. The van der Waals surface area contributed by atoms with E-state index in [0.29, 0.717) is 29.3 Å². The van der Waals surface area contributed by atoms with Gasteiger partial charge in [0.1, 0.15) is 11.8 Å². The van der Waals surface area contributed by atoms with E-state index in [2.05, 4.69) is 35.9 Å². The number of amidine groups is 1. The zero-order chi connectivity index (χ0) is 15.4. The standard InChI is InChI=1S/C15H24N4O2/c1-9(2)11-5-4-10(3)6-13(11)21-14-8-17-12(7-18-14)15(16)19-20/h7-11,13,20H,4-6H2,1-3H3,(H2,16,19). The number of hydrogen-bond acceptors (Lipinski definition) is 5. The SMILES string of the molecule is CC1CCC(C(C)C)C(Oc2cnc(C(N)=NO)cn2)C1. The zero-order valence-corrected chi connectivity index (χ0v) is 12.9. The zero-order valence-electron chi connectivity index (χ0n) is 12.9. The van der Waals surface area contributed by atoms with Crippen LogP contribution in [0, 0.1) is 17.8 Å². The molecule has 0 aliphatic heterocycles. The molecule has 1 aliphatic carbocycles. The Morgan fingerprint density at radius 2 is 2.14 bits per heavy atom. The maximum atomic E-state index is 8.61. The van der Waals surface area contributed by atoms with Crippen molar-refractivity contribution in [2.24, 2.45) is 28.6 Å². The second-order valence-electron chi connectivity index (χ2n) is 6.21. The summed E-state index contributed by atoms with van der Waals surface area (Å²) in [5, 5.41) is 11.5. The van der Waals surface area contributed by atoms with Gasteiger partial charge in [0.05, 0.1) is 12.4 Å². The van der Waals surface area contributed by atoms with E-state index in [4.69, 9.17) is 15.7 Å². The summed E-state index contributed by atoms with van der Waals surface area (Å²) in [5.74, 6) is 2.25. The number of hydrogen-bond donors (Lipinski definition) is 2. The van der Waals surface area contributed by atoms with Crippen molar-refractivity contribution in [1.82, 2.24) is 9.97 Å². The molecule has 1 heterocycles. The molecule has 3 unspecified atom stereocenters. The van der Waals surface area contributed by atoms with Gasteiger partial charge in [-0.2, -0.15) is 0 Å². The molecule has 6 heteroatoms. The summed E-state index contributed by atoms with van der Waals surface area (Å²) in [6, 6.07) is 0. The van der Waals surface area contributed by atoms with Crippen molar-refractivity contribution in [2.45, 2.75) is 46.1 Å². The van der Waals surface area contributed by atoms with Gasteiger partial charge in [-0.3, -0.25) is 0 Å². The van der Waals surface area contributed by atoms with E-state index >= 15 is 0 Å². The molecule has 3 atom stereocenters. The first-order valence-electron chi connectivity index (χ1n) is 7.47. The number of nitrogens with zero attached hydrogens (tertiary/aromatic N) is 3. The Morgan fingerprint density at radius 1 is 1.38 bits per heavy atom. The fourth-order valence-electron chi connectivity index (χ4n) is 2.97. The summed E-state index contributed by atoms with van der Waals surface area (Å²) < 4.78 is 6.05. The van der Waals surface area contributed by atoms with Crippen molar-refractivity contribution in [3.05, 3.63) is 18.1 Å². The molecule has 1 aliphatic rings. The number of ether oxygens (including phenoxy) is 1. The number of aromatic nitrogens is 2. The molecule has 0 aromatic carbocycles. The Bertz CT molecular complexity index is 487. The highest BCUT2D eigenvalue weighted by Gasteiger charge is 2.32. The van der Waals surface area contributed by atoms with E-state index in [-0.39, 0.29) is 11.9 Å². The minimum Gasteiger partial charge on any atom is -0.473 e. The maximum absolute atomic E-state index is 8.61. The van der Waals surface area contributed by atoms with Gasteiger partial charge in [-0.05, 0) is 30.6 Å². The van der Waals surface area contributed by atoms with Gasteiger partial charge in [-0.1, -0.05) is 32.3 Å². The number of oxime groups is 1. The van der Waals surface area contributed by atoms with E-state index in [0.717, 1.165) is 6.42 Å². The summed E-state index contributed by atoms with van der Waals surface area (Å²) in [5.41, 5.74) is 5.80. The van der Waals surface area contributed by atoms with E-state index in [1.807, 2.05) is 0 Å². The van der Waals surface area contributed by atoms with Crippen LogP contribution in [-0.4, -0.2) is 27.1 Å². The summed E-state index contributed by atoms with van der Waals surface area (Å²) in [6.45, 7) is 6.74. The normalized spacial score (nSPS) is 26.9. The second-order valence-corrected chi connectivity index (χ2v) is 6.21. The lowest BCUT2D eigenvalue weighted by atomic mass is 9.75. The highest BCUT2D eigenvalue weighted by Crippen LogP contribution is 2.35. The van der Waals surface area contributed by atoms with E-state index in [9.17, 15) is 0 Å². The van der Waals surface area contributed by atoms with Crippen molar-refractivity contribution < 1.29 is 9.94 Å². The largest absolute Gasteiger partial charge is 0.473 e. The minimum absolute atomic E-state index is 0.0552. The average Bonchev–Trinajstić information content (AvgIpc) is 2.47. The van der Waals surface area contributed by atoms with Crippen molar-refractivity contribution in [3.8, 4) is 5.88 Å². The maximum Gasteiger partial charge on any atom is 0.232 e. The lowest BCUT2D eigenvalue weighted by Crippen LogP contribution is -2.36. The van der Waals surface area contributed by atoms with Gasteiger partial charge in [-0.25, -0.2) is 9.97 Å². The topological polar surface area (TPSA) is 93.6 Å². The summed E-state index contributed by atoms with van der Waals surface area (Å²) >= 11 is 0. The molecule has 0 radical (unpaired) electrons. The third-order valence-corrected chi connectivity index (χ3v) is 4.23. The third-order valence-electron chi connectivity index (χ3n) is 4.23. The van der Waals surface area contributed by atoms with Crippen LogP contribution in [0.2, 0.25) is 0 Å². The van der Waals surface area contributed by atoms with E-state index in [1.165, 1.54) is 25.2 Å². The molecule has 0 spiro atoms. The molecule has 0 amide bonds. The van der Waals surface area contributed by atoms with Gasteiger partial charge in [0, 0.05) is 0 Å². The molecule has 0 saturated heterocycles. The predicted molar refractivity (Wildman–Crippen MR) is 80.3 cm³/mol. The van der Waals surface area contributed by atoms with Crippen LogP contribution in [0.5, 0.6) is 5.88 Å². The van der Waals surface area contributed by atoms with Gasteiger partial charge in [-0.15, -0.1) is 0 Å². The van der Waals surface area contributed by atoms with Crippen molar-refractivity contribution >= 4 is 5.84 Å². The number of nitrogens with two attached hydrogens (primary N) is 1. The molecule has 1 aromatic rings. The first-order valence-corrected chi connectivity index (χ1v) is 7.47. The van der Waals surface area contributed by atoms with Crippen LogP contribution in [0.3, 0.4) is 0 Å². The number of rotatable bonds is 4. The average molecular weight is 292 g/mol. The van der Waals surface area contributed by atoms with Gasteiger partial charge in [0.15, 0.2) is 5.84 Å². The molecule has 1 fully saturated rings. The van der Waals surface area contributed by atoms with Gasteiger partial charge in [0.25, 0.3) is 0 Å². The fraction of sp³-hybridized carbons (Fsp3) is 0.667. The van der Waals surface area contributed by atoms with Crippen molar-refractivity contribution in [2.75, 3.05) is 0 Å². The molecular formula is C15H24N4O2. The van der Waals surface area contributed by atoms with Crippen LogP contribution in [-0.2, 0) is 0 Å². The second kappa shape index (κ2) is 6.74. The molecule has 0 bridgehead atoms. The highest BCUT2D eigenvalue weighted by molar-refractivity contribution is 5.94. The minimum atomic E-state index is -0.0552. The summed E-state index contributed by atoms with van der Waals surface area (Å²) in [6.07, 6.45) is 6.67. The van der Waals surface area contributed by atoms with Crippen LogP contribution in [0.15, 0.2) is 17.5 Å². The van der Waals surface area contributed by atoms with Crippen LogP contribution in [0.1, 0.15) is 45.7 Å². The quantitative estimate of drug-likeness (QED) is 0.385. The van der Waals surface area contributed by atoms with Gasteiger partial charge < -0.3 is 15.7 Å². The lowest BCUT2D eigenvalue weighted by molar-refractivity contribution is 0.0423. The molecular weight excluding hydrogens is 268 g/mol. The Labute approximate surface area is 125 Å².